The Morgan fingerprint density at radius 2 is 1.78 bits per heavy atom. The van der Waals surface area contributed by atoms with Crippen LogP contribution in [0.4, 0.5) is 13.2 Å². The number of alkyl halides is 3. The number of aliphatic carboxylic acids is 1. The van der Waals surface area contributed by atoms with Gasteiger partial charge in [0, 0.05) is 7.11 Å². The van der Waals surface area contributed by atoms with Crippen molar-refractivity contribution < 1.29 is 37.3 Å². The van der Waals surface area contributed by atoms with Crippen LogP contribution >= 0.6 is 0 Å². The predicted octanol–water partition coefficient (Wildman–Crippen LogP) is 3.16. The highest BCUT2D eigenvalue weighted by Crippen LogP contribution is 2.41. The van der Waals surface area contributed by atoms with Gasteiger partial charge in [-0.15, -0.1) is 0 Å². The number of carbonyl (C=O) groups excluding carboxylic acids is 1. The van der Waals surface area contributed by atoms with Crippen molar-refractivity contribution in [1.29, 1.82) is 0 Å². The number of ether oxygens (including phenoxy) is 2. The van der Waals surface area contributed by atoms with Gasteiger partial charge in [-0.3, -0.25) is 4.79 Å². The number of amides is 1. The molecular weight excluding hydrogens is 429 g/mol. The fraction of sp³-hybridized carbons (Fsp3) is 0.636. The molecule has 0 saturated heterocycles. The van der Waals surface area contributed by atoms with Crippen LogP contribution in [0.5, 0.6) is 5.75 Å². The van der Waals surface area contributed by atoms with Gasteiger partial charge in [-0.1, -0.05) is 26.0 Å². The Bertz CT molecular complexity index is 738. The second-order valence-corrected chi connectivity index (χ2v) is 8.43. The molecule has 0 aromatic heterocycles. The molecular formula is C22H33F3N2O5. The van der Waals surface area contributed by atoms with Crippen LogP contribution in [0.25, 0.3) is 0 Å². The molecule has 0 aliphatic heterocycles. The molecule has 182 valence electrons. The molecule has 1 amide bonds. The molecule has 0 spiro atoms. The van der Waals surface area contributed by atoms with Gasteiger partial charge in [-0.2, -0.15) is 13.2 Å². The summed E-state index contributed by atoms with van der Waals surface area (Å²) in [5, 5.41) is 10.2. The van der Waals surface area contributed by atoms with Gasteiger partial charge in [0.1, 0.15) is 5.75 Å². The summed E-state index contributed by atoms with van der Waals surface area (Å²) in [4.78, 5) is 20.8. The molecule has 0 radical (unpaired) electrons. The van der Waals surface area contributed by atoms with E-state index in [0.717, 1.165) is 31.4 Å². The minimum absolute atomic E-state index is 0.00221. The summed E-state index contributed by atoms with van der Waals surface area (Å²) in [5.74, 6) is -1.61. The molecule has 3 atom stereocenters. The van der Waals surface area contributed by atoms with Crippen molar-refractivity contribution >= 4 is 11.9 Å². The normalized spacial score (nSPS) is 22.3. The summed E-state index contributed by atoms with van der Waals surface area (Å²) in [6, 6.07) is 8.19. The molecule has 0 bridgehead atoms. The first-order chi connectivity index (χ1) is 14.8. The molecule has 7 nitrogen and oxygen atoms in total. The van der Waals surface area contributed by atoms with Crippen molar-refractivity contribution in [2.24, 2.45) is 17.1 Å². The topological polar surface area (TPSA) is 111 Å². The van der Waals surface area contributed by atoms with E-state index in [1.54, 1.807) is 14.2 Å². The highest BCUT2D eigenvalue weighted by molar-refractivity contribution is 5.78. The van der Waals surface area contributed by atoms with Crippen LogP contribution in [0.15, 0.2) is 24.3 Å². The number of nitrogens with one attached hydrogen (secondary N) is 1. The van der Waals surface area contributed by atoms with Gasteiger partial charge in [0.05, 0.1) is 25.8 Å². The van der Waals surface area contributed by atoms with Gasteiger partial charge in [0.2, 0.25) is 5.91 Å². The average molecular weight is 463 g/mol. The summed E-state index contributed by atoms with van der Waals surface area (Å²) >= 11 is 0. The van der Waals surface area contributed by atoms with E-state index in [4.69, 9.17) is 25.1 Å². The molecule has 1 saturated carbocycles. The maximum Gasteiger partial charge on any atom is 0.490 e. The standard InChI is InChI=1S/C20H32N2O3.C2HF3O2/c1-20(2)12-11-15(18(19(20)25-4)22-17(23)13-21)8-5-14-6-9-16(24-3)10-7-14;3-2(4,5)1(6)7/h6-7,9-10,15,18-19H,5,8,11-13,21H2,1-4H3,(H,22,23);(H,6,7)/t15-,18+,19-;/m1./s1. The number of rotatable bonds is 7. The minimum atomic E-state index is -5.08. The smallest absolute Gasteiger partial charge is 0.490 e. The number of carboxylic acids is 1. The molecule has 32 heavy (non-hydrogen) atoms. The van der Waals surface area contributed by atoms with E-state index in [2.05, 4.69) is 31.3 Å². The van der Waals surface area contributed by atoms with Crippen molar-refractivity contribution in [3.63, 3.8) is 0 Å². The number of methoxy groups -OCH3 is 2. The lowest BCUT2D eigenvalue weighted by atomic mass is 9.66. The summed E-state index contributed by atoms with van der Waals surface area (Å²) < 4.78 is 42.8. The Morgan fingerprint density at radius 1 is 1.22 bits per heavy atom. The second-order valence-electron chi connectivity index (χ2n) is 8.43. The molecule has 1 aliphatic carbocycles. The number of nitrogens with two attached hydrogens (primary N) is 1. The fourth-order valence-electron chi connectivity index (χ4n) is 3.98. The second kappa shape index (κ2) is 12.1. The summed E-state index contributed by atoms with van der Waals surface area (Å²) in [6.07, 6.45) is -0.928. The zero-order valence-corrected chi connectivity index (χ0v) is 18.9. The van der Waals surface area contributed by atoms with E-state index in [9.17, 15) is 18.0 Å². The van der Waals surface area contributed by atoms with Crippen LogP contribution in [0.1, 0.15) is 38.7 Å². The fourth-order valence-corrected chi connectivity index (χ4v) is 3.98. The Labute approximate surface area is 186 Å². The quantitative estimate of drug-likeness (QED) is 0.574. The molecule has 2 rings (SSSR count). The van der Waals surface area contributed by atoms with Crippen LogP contribution in [-0.2, 0) is 20.7 Å². The van der Waals surface area contributed by atoms with Crippen molar-refractivity contribution in [2.75, 3.05) is 20.8 Å². The van der Waals surface area contributed by atoms with Crippen LogP contribution in [0, 0.1) is 11.3 Å². The van der Waals surface area contributed by atoms with E-state index in [-0.39, 0.29) is 30.0 Å². The third-order valence-corrected chi connectivity index (χ3v) is 5.74. The van der Waals surface area contributed by atoms with Gasteiger partial charge < -0.3 is 25.6 Å². The Kier molecular flexibility index (Phi) is 10.4. The molecule has 1 fully saturated rings. The van der Waals surface area contributed by atoms with E-state index in [1.165, 1.54) is 5.56 Å². The molecule has 4 N–H and O–H groups in total. The third-order valence-electron chi connectivity index (χ3n) is 5.74. The van der Waals surface area contributed by atoms with Gasteiger partial charge >= 0.3 is 12.1 Å². The van der Waals surface area contributed by atoms with Crippen molar-refractivity contribution in [1.82, 2.24) is 5.32 Å². The third kappa shape index (κ3) is 8.31. The minimum Gasteiger partial charge on any atom is -0.497 e. The maximum atomic E-state index is 11.9. The Balaban J connectivity index is 0.000000633. The number of carbonyl (C=O) groups is 2. The monoisotopic (exact) mass is 462 g/mol. The molecule has 1 aromatic rings. The highest BCUT2D eigenvalue weighted by Gasteiger charge is 2.44. The van der Waals surface area contributed by atoms with Crippen molar-refractivity contribution in [3.05, 3.63) is 29.8 Å². The van der Waals surface area contributed by atoms with Crippen molar-refractivity contribution in [3.8, 4) is 5.75 Å². The number of carboxylic acid groups (broad SMARTS) is 1. The Morgan fingerprint density at radius 3 is 2.22 bits per heavy atom. The highest BCUT2D eigenvalue weighted by atomic mass is 19.4. The number of aryl methyl sites for hydroxylation is 1. The molecule has 10 heteroatoms. The van der Waals surface area contributed by atoms with Gasteiger partial charge in [0.15, 0.2) is 0 Å². The molecule has 0 heterocycles. The lowest BCUT2D eigenvalue weighted by molar-refractivity contribution is -0.192. The SMILES string of the molecule is COc1ccc(CC[C@@H]2CCC(C)(C)[C@H](OC)[C@H]2NC(=O)CN)cc1.O=C(O)C(F)(F)F. The first kappa shape index (κ1) is 27.7. The zero-order valence-electron chi connectivity index (χ0n) is 18.9. The summed E-state index contributed by atoms with van der Waals surface area (Å²) in [6.45, 7) is 4.43. The van der Waals surface area contributed by atoms with Crippen LogP contribution < -0.4 is 15.8 Å². The lowest BCUT2D eigenvalue weighted by Crippen LogP contribution is -2.58. The van der Waals surface area contributed by atoms with E-state index < -0.39 is 12.1 Å². The first-order valence-corrected chi connectivity index (χ1v) is 10.3. The summed E-state index contributed by atoms with van der Waals surface area (Å²) in [7, 11) is 3.41. The van der Waals surface area contributed by atoms with Crippen molar-refractivity contribution in [2.45, 2.75) is 57.9 Å². The van der Waals surface area contributed by atoms with Crippen LogP contribution in [0.2, 0.25) is 0 Å². The number of hydrogen-bond donors (Lipinski definition) is 3. The maximum absolute atomic E-state index is 11.9. The van der Waals surface area contributed by atoms with Gasteiger partial charge in [0.25, 0.3) is 0 Å². The Hall–Kier alpha value is -2.33. The van der Waals surface area contributed by atoms with Crippen LogP contribution in [0.3, 0.4) is 0 Å². The molecule has 1 aliphatic rings. The zero-order chi connectivity index (χ0) is 24.5. The van der Waals surface area contributed by atoms with Gasteiger partial charge in [-0.05, 0) is 54.7 Å². The predicted molar refractivity (Wildman–Crippen MR) is 113 cm³/mol. The summed E-state index contributed by atoms with van der Waals surface area (Å²) in [5.41, 5.74) is 6.84. The van der Waals surface area contributed by atoms with E-state index in [0.29, 0.717) is 5.92 Å². The average Bonchev–Trinajstić information content (AvgIpc) is 2.73. The number of hydrogen-bond acceptors (Lipinski definition) is 5. The van der Waals surface area contributed by atoms with Gasteiger partial charge in [-0.25, -0.2) is 4.79 Å². The lowest BCUT2D eigenvalue weighted by Gasteiger charge is -2.47. The largest absolute Gasteiger partial charge is 0.497 e. The number of halogens is 3. The number of benzene rings is 1. The van der Waals surface area contributed by atoms with E-state index in [1.807, 2.05) is 12.1 Å². The molecule has 0 unspecified atom stereocenters. The van der Waals surface area contributed by atoms with E-state index >= 15 is 0 Å². The first-order valence-electron chi connectivity index (χ1n) is 10.3. The molecule has 1 aromatic carbocycles. The van der Waals surface area contributed by atoms with Crippen LogP contribution in [-0.4, -0.2) is 56.1 Å².